The Kier molecular flexibility index (Phi) is 6.19. The first kappa shape index (κ1) is 21.0. The molecule has 1 aliphatic heterocycles. The van der Waals surface area contributed by atoms with Gasteiger partial charge in [-0.2, -0.15) is 0 Å². The topological polar surface area (TPSA) is 45.6 Å². The number of hydrogen-bond donors (Lipinski definition) is 0. The van der Waals surface area contributed by atoms with Crippen LogP contribution in [0.25, 0.3) is 0 Å². The molecule has 6 heteroatoms. The van der Waals surface area contributed by atoms with E-state index in [4.69, 9.17) is 11.6 Å². The molecule has 1 aromatic carbocycles. The number of piperazine rings is 1. The molecule has 30 heavy (non-hydrogen) atoms. The van der Waals surface area contributed by atoms with Crippen molar-refractivity contribution in [3.63, 3.8) is 0 Å². The number of aromatic nitrogens is 1. The molecule has 4 rings (SSSR count). The molecule has 1 aliphatic carbocycles. The number of halogens is 1. The molecule has 0 radical (unpaired) electrons. The molecule has 0 bridgehead atoms. The number of aryl methyl sites for hydroxylation is 1. The number of pyridine rings is 1. The van der Waals surface area contributed by atoms with E-state index < -0.39 is 0 Å². The molecule has 5 nitrogen and oxygen atoms in total. The molecule has 1 saturated carbocycles. The highest BCUT2D eigenvalue weighted by molar-refractivity contribution is 6.30. The van der Waals surface area contributed by atoms with Crippen LogP contribution >= 0.6 is 11.6 Å². The first-order chi connectivity index (χ1) is 14.4. The molecule has 2 aliphatic rings. The van der Waals surface area contributed by atoms with Crippen LogP contribution in [0.2, 0.25) is 5.02 Å². The van der Waals surface area contributed by atoms with Gasteiger partial charge < -0.3 is 14.4 Å². The highest BCUT2D eigenvalue weighted by Gasteiger charge is 2.29. The lowest BCUT2D eigenvalue weighted by atomic mass is 9.96. The third-order valence-corrected chi connectivity index (χ3v) is 6.95. The number of amides is 1. The fraction of sp³-hybridized carbons (Fsp3) is 0.500. The van der Waals surface area contributed by atoms with Crippen molar-refractivity contribution < 1.29 is 4.79 Å². The van der Waals surface area contributed by atoms with Gasteiger partial charge in [0, 0.05) is 61.4 Å². The van der Waals surface area contributed by atoms with Crippen LogP contribution in [0.4, 0.5) is 5.69 Å². The van der Waals surface area contributed by atoms with E-state index in [0.717, 1.165) is 36.6 Å². The highest BCUT2D eigenvalue weighted by Crippen LogP contribution is 2.29. The van der Waals surface area contributed by atoms with Crippen molar-refractivity contribution in [3.8, 4) is 0 Å². The van der Waals surface area contributed by atoms with Crippen molar-refractivity contribution in [1.29, 1.82) is 0 Å². The van der Waals surface area contributed by atoms with Crippen LogP contribution in [0.15, 0.2) is 35.1 Å². The van der Waals surface area contributed by atoms with Gasteiger partial charge in [0.15, 0.2) is 5.43 Å². The molecular weight excluding hydrogens is 398 g/mol. The maximum absolute atomic E-state index is 13.4. The minimum absolute atomic E-state index is 0.116. The third kappa shape index (κ3) is 4.27. The van der Waals surface area contributed by atoms with Crippen LogP contribution in [-0.4, -0.2) is 41.6 Å². The van der Waals surface area contributed by atoms with E-state index in [2.05, 4.69) is 9.47 Å². The number of carbonyl (C=O) groups excluding carboxylic acids is 1. The summed E-state index contributed by atoms with van der Waals surface area (Å²) in [5, 5.41) is 0.714. The van der Waals surface area contributed by atoms with Crippen molar-refractivity contribution in [1.82, 2.24) is 9.47 Å². The molecule has 1 saturated heterocycles. The van der Waals surface area contributed by atoms with E-state index >= 15 is 0 Å². The monoisotopic (exact) mass is 427 g/mol. The van der Waals surface area contributed by atoms with Crippen LogP contribution in [0.5, 0.6) is 0 Å². The van der Waals surface area contributed by atoms with Crippen LogP contribution in [0, 0.1) is 12.8 Å². The zero-order chi connectivity index (χ0) is 21.3. The minimum Gasteiger partial charge on any atom is -0.368 e. The lowest BCUT2D eigenvalue weighted by Gasteiger charge is -2.36. The number of rotatable bonds is 4. The van der Waals surface area contributed by atoms with Gasteiger partial charge in [0.05, 0.1) is 0 Å². The molecule has 2 aromatic rings. The SMILES string of the molecule is Cc1cc(=O)c(C(=O)N2CCN(c3cccc(Cl)c3)CC2)c(CC2CCCC2)n1C. The quantitative estimate of drug-likeness (QED) is 0.739. The van der Waals surface area contributed by atoms with Gasteiger partial charge in [-0.1, -0.05) is 43.4 Å². The average molecular weight is 428 g/mol. The second kappa shape index (κ2) is 8.84. The van der Waals surface area contributed by atoms with Gasteiger partial charge in [0.25, 0.3) is 5.91 Å². The Balaban J connectivity index is 1.54. The molecular formula is C24H30ClN3O2. The fourth-order valence-corrected chi connectivity index (χ4v) is 5.02. The highest BCUT2D eigenvalue weighted by atomic mass is 35.5. The summed E-state index contributed by atoms with van der Waals surface area (Å²) < 4.78 is 2.05. The predicted octanol–water partition coefficient (Wildman–Crippen LogP) is 4.04. The second-order valence-electron chi connectivity index (χ2n) is 8.64. The molecule has 0 spiro atoms. The van der Waals surface area contributed by atoms with Crippen LogP contribution in [0.1, 0.15) is 47.4 Å². The van der Waals surface area contributed by atoms with Crippen LogP contribution in [0.3, 0.4) is 0 Å². The van der Waals surface area contributed by atoms with Gasteiger partial charge in [-0.25, -0.2) is 0 Å². The Morgan fingerprint density at radius 3 is 2.47 bits per heavy atom. The molecule has 160 valence electrons. The molecule has 0 unspecified atom stereocenters. The molecule has 2 fully saturated rings. The molecule has 1 amide bonds. The Labute approximate surface area is 183 Å². The van der Waals surface area contributed by atoms with Gasteiger partial charge in [-0.15, -0.1) is 0 Å². The van der Waals surface area contributed by atoms with Crippen molar-refractivity contribution in [3.05, 3.63) is 62.5 Å². The fourth-order valence-electron chi connectivity index (χ4n) is 4.84. The summed E-state index contributed by atoms with van der Waals surface area (Å²) in [5.74, 6) is 0.456. The smallest absolute Gasteiger partial charge is 0.259 e. The summed E-state index contributed by atoms with van der Waals surface area (Å²) in [6.45, 7) is 4.61. The summed E-state index contributed by atoms with van der Waals surface area (Å²) in [6.07, 6.45) is 5.69. The van der Waals surface area contributed by atoms with Crippen LogP contribution in [-0.2, 0) is 13.5 Å². The van der Waals surface area contributed by atoms with Gasteiger partial charge in [0.1, 0.15) is 5.56 Å². The summed E-state index contributed by atoms with van der Waals surface area (Å²) in [6, 6.07) is 9.41. The Hall–Kier alpha value is -2.27. The van der Waals surface area contributed by atoms with Gasteiger partial charge in [-0.3, -0.25) is 9.59 Å². The Bertz CT molecular complexity index is 986. The van der Waals surface area contributed by atoms with Crippen molar-refractivity contribution in [2.24, 2.45) is 13.0 Å². The average Bonchev–Trinajstić information content (AvgIpc) is 3.25. The van der Waals surface area contributed by atoms with Gasteiger partial charge in [-0.05, 0) is 37.5 Å². The van der Waals surface area contributed by atoms with Gasteiger partial charge >= 0.3 is 0 Å². The molecule has 0 N–H and O–H groups in total. The lowest BCUT2D eigenvalue weighted by molar-refractivity contribution is 0.0743. The third-order valence-electron chi connectivity index (χ3n) is 6.72. The molecule has 2 heterocycles. The second-order valence-corrected chi connectivity index (χ2v) is 9.08. The normalized spacial score (nSPS) is 17.6. The van der Waals surface area contributed by atoms with E-state index in [0.29, 0.717) is 29.6 Å². The summed E-state index contributed by atoms with van der Waals surface area (Å²) in [4.78, 5) is 30.4. The van der Waals surface area contributed by atoms with Crippen molar-refractivity contribution >= 4 is 23.2 Å². The first-order valence-electron chi connectivity index (χ1n) is 10.9. The molecule has 0 atom stereocenters. The summed E-state index contributed by atoms with van der Waals surface area (Å²) in [5.41, 5.74) is 3.14. The maximum Gasteiger partial charge on any atom is 0.259 e. The standard InChI is InChI=1S/C24H30ClN3O2/c1-17-14-22(29)23(21(26(17)2)15-18-6-3-4-7-18)24(30)28-12-10-27(11-13-28)20-9-5-8-19(25)16-20/h5,8-9,14,16,18H,3-4,6-7,10-13,15H2,1-2H3. The minimum atomic E-state index is -0.138. The number of benzene rings is 1. The van der Waals surface area contributed by atoms with Crippen molar-refractivity contribution in [2.75, 3.05) is 31.1 Å². The zero-order valence-electron chi connectivity index (χ0n) is 17.9. The van der Waals surface area contributed by atoms with E-state index in [1.165, 1.54) is 25.7 Å². The largest absolute Gasteiger partial charge is 0.368 e. The van der Waals surface area contributed by atoms with E-state index in [9.17, 15) is 9.59 Å². The number of anilines is 1. The lowest BCUT2D eigenvalue weighted by Crippen LogP contribution is -2.50. The van der Waals surface area contributed by atoms with E-state index in [-0.39, 0.29) is 11.3 Å². The van der Waals surface area contributed by atoms with Gasteiger partial charge in [0.2, 0.25) is 0 Å². The first-order valence-corrected chi connectivity index (χ1v) is 11.3. The summed E-state index contributed by atoms with van der Waals surface area (Å²) >= 11 is 6.13. The predicted molar refractivity (Wildman–Crippen MR) is 122 cm³/mol. The van der Waals surface area contributed by atoms with E-state index in [1.807, 2.05) is 43.1 Å². The number of hydrogen-bond acceptors (Lipinski definition) is 3. The Morgan fingerprint density at radius 2 is 1.80 bits per heavy atom. The number of nitrogens with zero attached hydrogens (tertiary/aromatic N) is 3. The molecule has 1 aromatic heterocycles. The maximum atomic E-state index is 13.4. The van der Waals surface area contributed by atoms with Crippen LogP contribution < -0.4 is 10.3 Å². The van der Waals surface area contributed by atoms with Crippen molar-refractivity contribution in [2.45, 2.75) is 39.0 Å². The zero-order valence-corrected chi connectivity index (χ0v) is 18.6. The summed E-state index contributed by atoms with van der Waals surface area (Å²) in [7, 11) is 1.98. The Morgan fingerprint density at radius 1 is 1.10 bits per heavy atom. The number of carbonyl (C=O) groups is 1. The van der Waals surface area contributed by atoms with E-state index in [1.54, 1.807) is 6.07 Å².